The van der Waals surface area contributed by atoms with Crippen LogP contribution in [0.3, 0.4) is 0 Å². The molecule has 398 valence electrons. The molecule has 8 nitrogen and oxygen atoms in total. The first-order valence-corrected chi connectivity index (χ1v) is 28.5. The number of aliphatic hydroxyl groups is 1. The minimum atomic E-state index is -4.61. The molecule has 1 amide bonds. The molecule has 0 aromatic heterocycles. The van der Waals surface area contributed by atoms with Crippen molar-refractivity contribution in [1.82, 2.24) is 5.32 Å². The number of quaternary nitrogens is 1. The van der Waals surface area contributed by atoms with E-state index in [4.69, 9.17) is 9.05 Å². The maximum Gasteiger partial charge on any atom is 0.268 e. The zero-order valence-corrected chi connectivity index (χ0v) is 46.0. The molecule has 2 N–H and O–H groups in total. The van der Waals surface area contributed by atoms with Gasteiger partial charge in [0.2, 0.25) is 5.91 Å². The summed E-state index contributed by atoms with van der Waals surface area (Å²) in [6.07, 6.45) is 81.7. The largest absolute Gasteiger partial charge is 0.756 e. The van der Waals surface area contributed by atoms with Crippen molar-refractivity contribution < 1.29 is 32.9 Å². The molecule has 0 aliphatic carbocycles. The number of likely N-dealkylation sites (N-methyl/N-ethyl adjacent to an activating group) is 1. The molecular weight excluding hydrogens is 900 g/mol. The lowest BCUT2D eigenvalue weighted by atomic mass is 10.1. The van der Waals surface area contributed by atoms with Gasteiger partial charge >= 0.3 is 0 Å². The van der Waals surface area contributed by atoms with Crippen molar-refractivity contribution in [2.75, 3.05) is 40.9 Å². The van der Waals surface area contributed by atoms with Crippen molar-refractivity contribution >= 4 is 13.7 Å². The van der Waals surface area contributed by atoms with E-state index in [0.29, 0.717) is 23.9 Å². The highest BCUT2D eigenvalue weighted by Crippen LogP contribution is 2.38. The van der Waals surface area contributed by atoms with Gasteiger partial charge in [0.05, 0.1) is 39.9 Å². The highest BCUT2D eigenvalue weighted by molar-refractivity contribution is 7.45. The first-order valence-electron chi connectivity index (χ1n) is 27.0. The minimum absolute atomic E-state index is 0.0217. The van der Waals surface area contributed by atoms with E-state index in [1.165, 1.54) is 0 Å². The quantitative estimate of drug-likeness (QED) is 0.0272. The Morgan fingerprint density at radius 2 is 0.873 bits per heavy atom. The van der Waals surface area contributed by atoms with Crippen molar-refractivity contribution in [3.63, 3.8) is 0 Å². The van der Waals surface area contributed by atoms with Crippen LogP contribution in [0.2, 0.25) is 0 Å². The van der Waals surface area contributed by atoms with Crippen molar-refractivity contribution in [3.05, 3.63) is 170 Å². The second-order valence-electron chi connectivity index (χ2n) is 18.5. The molecule has 0 radical (unpaired) electrons. The molecule has 0 bridgehead atoms. The van der Waals surface area contributed by atoms with E-state index in [0.717, 1.165) is 135 Å². The van der Waals surface area contributed by atoms with E-state index in [-0.39, 0.29) is 12.5 Å². The number of carbonyl (C=O) groups excluding carboxylic acids is 1. The lowest BCUT2D eigenvalue weighted by Gasteiger charge is -2.29. The fourth-order valence-corrected chi connectivity index (χ4v) is 7.15. The predicted octanol–water partition coefficient (Wildman–Crippen LogP) is 15.8. The van der Waals surface area contributed by atoms with E-state index >= 15 is 0 Å². The molecule has 3 atom stereocenters. The summed E-state index contributed by atoms with van der Waals surface area (Å²) in [7, 11) is 1.19. The van der Waals surface area contributed by atoms with Gasteiger partial charge in [-0.1, -0.05) is 210 Å². The van der Waals surface area contributed by atoms with Gasteiger partial charge in [0.1, 0.15) is 13.2 Å². The number of hydrogen-bond donors (Lipinski definition) is 2. The monoisotopic (exact) mass is 999 g/mol. The van der Waals surface area contributed by atoms with Crippen LogP contribution in [0.25, 0.3) is 0 Å². The molecule has 3 unspecified atom stereocenters. The van der Waals surface area contributed by atoms with E-state index in [1.54, 1.807) is 6.08 Å². The molecule has 71 heavy (non-hydrogen) atoms. The third-order valence-electron chi connectivity index (χ3n) is 10.7. The highest BCUT2D eigenvalue weighted by atomic mass is 31.2. The molecule has 0 heterocycles. The third-order valence-corrected chi connectivity index (χ3v) is 11.6. The standard InChI is InChI=1S/C62H99N2O6P/c1-6-8-10-12-14-16-17-18-19-20-21-22-23-24-25-26-27-28-29-30-31-32-33-34-35-36-37-38-39-40-41-42-43-44-45-46-47-48-50-52-54-56-62(66)63-60(59-70-71(67,68)69-58-57-64(3,4)5)61(65)55-53-51-49-15-13-11-9-7-2/h8,10,13-16,18-19,21-22,24-25,27-28,30-31,33-34,36-37,39-40,42-43,45-46,53,55,60-61,65H,6-7,9,11-12,17,20,23,26,29,32,35,38,41,44,47-52,54,56-59H2,1-5H3,(H-,63,66,67,68)/b10-8-,15-13+,16-14-,19-18-,22-21-,25-24-,28-27-,31-30-,34-33-,37-36-,40-39-,43-42-,46-45-,55-53+. The number of hydrogen-bond acceptors (Lipinski definition) is 6. The van der Waals surface area contributed by atoms with E-state index in [9.17, 15) is 19.4 Å². The van der Waals surface area contributed by atoms with Crippen molar-refractivity contribution in [3.8, 4) is 0 Å². The lowest BCUT2D eigenvalue weighted by molar-refractivity contribution is -0.870. The van der Waals surface area contributed by atoms with Crippen LogP contribution < -0.4 is 10.2 Å². The first-order chi connectivity index (χ1) is 34.5. The van der Waals surface area contributed by atoms with Crippen LogP contribution in [0.15, 0.2) is 170 Å². The summed E-state index contributed by atoms with van der Waals surface area (Å²) in [6, 6.07) is -0.927. The van der Waals surface area contributed by atoms with Crippen molar-refractivity contribution in [2.45, 2.75) is 174 Å². The molecule has 0 aromatic carbocycles. The molecule has 0 aliphatic rings. The van der Waals surface area contributed by atoms with Gasteiger partial charge in [0, 0.05) is 6.42 Å². The van der Waals surface area contributed by atoms with E-state index in [1.807, 2.05) is 27.2 Å². The number of allylic oxidation sites excluding steroid dienone is 27. The first kappa shape index (κ1) is 66.9. The number of carbonyl (C=O) groups is 1. The number of unbranched alkanes of at least 4 members (excludes halogenated alkanes) is 7. The number of phosphoric acid groups is 1. The number of phosphoric ester groups is 1. The molecule has 0 saturated heterocycles. The maximum absolute atomic E-state index is 12.8. The lowest BCUT2D eigenvalue weighted by Crippen LogP contribution is -2.45. The van der Waals surface area contributed by atoms with Gasteiger partial charge in [0.15, 0.2) is 0 Å². The van der Waals surface area contributed by atoms with Crippen LogP contribution in [0.5, 0.6) is 0 Å². The SMILES string of the molecule is CC/C=C\C/C=C\C/C=C\C/C=C\C/C=C\C/C=C\C/C=C\C/C=C\C/C=C\C/C=C\C/C=C\C/C=C\CCCCCCC(=O)NC(COP(=O)([O-])OCC[N+](C)(C)C)C(O)/C=C/CC/C=C/CCCC. The molecule has 9 heteroatoms. The number of nitrogens with zero attached hydrogens (tertiary/aromatic N) is 1. The van der Waals surface area contributed by atoms with Gasteiger partial charge in [-0.2, -0.15) is 0 Å². The Morgan fingerprint density at radius 1 is 0.507 bits per heavy atom. The Morgan fingerprint density at radius 3 is 1.30 bits per heavy atom. The Balaban J connectivity index is 4.13. The Bertz CT molecular complexity index is 1750. The highest BCUT2D eigenvalue weighted by Gasteiger charge is 2.23. The van der Waals surface area contributed by atoms with Crippen LogP contribution in [0.4, 0.5) is 0 Å². The van der Waals surface area contributed by atoms with Gasteiger partial charge in [-0.25, -0.2) is 0 Å². The number of amides is 1. The average Bonchev–Trinajstić information content (AvgIpc) is 3.33. The molecule has 0 rings (SSSR count). The van der Waals surface area contributed by atoms with E-state index < -0.39 is 26.6 Å². The van der Waals surface area contributed by atoms with Crippen LogP contribution in [-0.2, 0) is 18.4 Å². The molecule has 0 aromatic rings. The molecule has 0 spiro atoms. The van der Waals surface area contributed by atoms with Gasteiger partial charge in [-0.05, 0) is 116 Å². The Hall–Kier alpha value is -4.14. The smallest absolute Gasteiger partial charge is 0.268 e. The average molecular weight is 999 g/mol. The van der Waals surface area contributed by atoms with Crippen LogP contribution >= 0.6 is 7.82 Å². The van der Waals surface area contributed by atoms with Gasteiger partial charge in [0.25, 0.3) is 7.82 Å². The normalized spacial score (nSPS) is 15.3. The Labute approximate surface area is 434 Å². The fraction of sp³-hybridized carbons (Fsp3) is 0.532. The van der Waals surface area contributed by atoms with Gasteiger partial charge in [-0.3, -0.25) is 9.36 Å². The van der Waals surface area contributed by atoms with Gasteiger partial charge in [-0.15, -0.1) is 0 Å². The van der Waals surface area contributed by atoms with Crippen LogP contribution in [0.1, 0.15) is 162 Å². The van der Waals surface area contributed by atoms with Gasteiger partial charge < -0.3 is 28.8 Å². The zero-order chi connectivity index (χ0) is 52.0. The molecule has 0 aliphatic heterocycles. The summed E-state index contributed by atoms with van der Waals surface area (Å²) in [6.45, 7) is 4.37. The summed E-state index contributed by atoms with van der Waals surface area (Å²) in [4.78, 5) is 25.3. The van der Waals surface area contributed by atoms with E-state index in [2.05, 4.69) is 177 Å². The molecule has 0 fully saturated rings. The summed E-state index contributed by atoms with van der Waals surface area (Å²) < 4.78 is 23.1. The van der Waals surface area contributed by atoms with Crippen LogP contribution in [-0.4, -0.2) is 68.5 Å². The second-order valence-corrected chi connectivity index (χ2v) is 19.9. The number of aliphatic hydroxyl groups excluding tert-OH is 1. The second kappa shape index (κ2) is 50.8. The fourth-order valence-electron chi connectivity index (χ4n) is 6.43. The Kier molecular flexibility index (Phi) is 47.8. The maximum atomic E-state index is 12.8. The minimum Gasteiger partial charge on any atom is -0.756 e. The topological polar surface area (TPSA) is 108 Å². The molecule has 0 saturated carbocycles. The van der Waals surface area contributed by atoms with Crippen molar-refractivity contribution in [2.24, 2.45) is 0 Å². The molecular formula is C62H99N2O6P. The zero-order valence-electron chi connectivity index (χ0n) is 45.1. The number of nitrogens with one attached hydrogen (secondary N) is 1. The third kappa shape index (κ3) is 53.5. The summed E-state index contributed by atoms with van der Waals surface area (Å²) in [5.74, 6) is -0.245. The summed E-state index contributed by atoms with van der Waals surface area (Å²) >= 11 is 0. The predicted molar refractivity (Wildman–Crippen MR) is 306 cm³/mol. The van der Waals surface area contributed by atoms with Crippen LogP contribution in [0, 0.1) is 0 Å². The number of rotatable bonds is 46. The summed E-state index contributed by atoms with van der Waals surface area (Å²) in [5, 5.41) is 13.7. The summed E-state index contributed by atoms with van der Waals surface area (Å²) in [5.41, 5.74) is 0. The van der Waals surface area contributed by atoms with Crippen molar-refractivity contribution in [1.29, 1.82) is 0 Å².